The molecule has 2 amide bonds. The maximum atomic E-state index is 12.5. The molecule has 2 aromatic rings. The van der Waals surface area contributed by atoms with Crippen molar-refractivity contribution in [3.8, 4) is 5.75 Å². The number of anilines is 1. The van der Waals surface area contributed by atoms with Gasteiger partial charge in [0.05, 0.1) is 36.0 Å². The molecule has 1 aromatic carbocycles. The van der Waals surface area contributed by atoms with E-state index in [1.165, 1.54) is 7.11 Å². The normalized spacial score (nSPS) is 16.4. The lowest BCUT2D eigenvalue weighted by molar-refractivity contribution is -0.126. The first-order valence-electron chi connectivity index (χ1n) is 7.24. The van der Waals surface area contributed by atoms with Gasteiger partial charge in [0.15, 0.2) is 0 Å². The van der Waals surface area contributed by atoms with Crippen LogP contribution in [0.15, 0.2) is 23.6 Å². The number of amides is 2. The number of ether oxygens (including phenoxy) is 1. The van der Waals surface area contributed by atoms with Crippen LogP contribution >= 0.6 is 11.3 Å². The van der Waals surface area contributed by atoms with E-state index in [1.807, 2.05) is 24.4 Å². The van der Waals surface area contributed by atoms with Gasteiger partial charge in [0, 0.05) is 11.8 Å². The van der Waals surface area contributed by atoms with Gasteiger partial charge in [0.2, 0.25) is 11.8 Å². The van der Waals surface area contributed by atoms with Crippen LogP contribution in [0.2, 0.25) is 0 Å². The molecule has 7 heteroatoms. The minimum absolute atomic E-state index is 0.127. The Morgan fingerprint density at radius 2 is 2.35 bits per heavy atom. The van der Waals surface area contributed by atoms with E-state index >= 15 is 0 Å². The number of carbonyl (C=O) groups is 2. The van der Waals surface area contributed by atoms with Crippen molar-refractivity contribution in [2.24, 2.45) is 0 Å². The first-order valence-corrected chi connectivity index (χ1v) is 8.12. The highest BCUT2D eigenvalue weighted by Gasteiger charge is 2.32. The number of hydrogen-bond donors (Lipinski definition) is 2. The number of nitrogens with one attached hydrogen (secondary N) is 2. The molecule has 1 aliphatic rings. The zero-order valence-corrected chi connectivity index (χ0v) is 13.7. The smallest absolute Gasteiger partial charge is 0.228 e. The number of methoxy groups -OCH3 is 1. The minimum atomic E-state index is -0.520. The number of nitrogens with zero attached hydrogens (tertiary/aromatic N) is 1. The Bertz CT molecular complexity index is 757. The van der Waals surface area contributed by atoms with Crippen LogP contribution < -0.4 is 15.4 Å². The summed E-state index contributed by atoms with van der Waals surface area (Å²) in [5.74, 6) is -0.330. The summed E-state index contributed by atoms with van der Waals surface area (Å²) < 4.78 is 5.27. The van der Waals surface area contributed by atoms with E-state index < -0.39 is 5.92 Å². The molecule has 0 unspecified atom stereocenters. The van der Waals surface area contributed by atoms with E-state index in [0.29, 0.717) is 18.0 Å². The third-order valence-corrected chi connectivity index (χ3v) is 4.56. The number of carbonyl (C=O) groups excluding carboxylic acids is 2. The van der Waals surface area contributed by atoms with E-state index in [2.05, 4.69) is 15.6 Å². The number of benzene rings is 1. The van der Waals surface area contributed by atoms with Gasteiger partial charge in [-0.25, -0.2) is 4.98 Å². The van der Waals surface area contributed by atoms with Crippen molar-refractivity contribution >= 4 is 28.8 Å². The van der Waals surface area contributed by atoms with E-state index in [9.17, 15) is 9.59 Å². The Morgan fingerprint density at radius 1 is 1.52 bits per heavy atom. The second kappa shape index (κ2) is 6.37. The Hall–Kier alpha value is -2.41. The Balaban J connectivity index is 1.80. The number of hydrogen-bond acceptors (Lipinski definition) is 5. The summed E-state index contributed by atoms with van der Waals surface area (Å²) in [6.45, 7) is 2.28. The molecule has 0 bridgehead atoms. The maximum Gasteiger partial charge on any atom is 0.228 e. The molecule has 0 fully saturated rings. The predicted octanol–water partition coefficient (Wildman–Crippen LogP) is 2.20. The Morgan fingerprint density at radius 3 is 3.04 bits per heavy atom. The van der Waals surface area contributed by atoms with E-state index in [4.69, 9.17) is 4.74 Å². The van der Waals surface area contributed by atoms with Gasteiger partial charge in [-0.15, -0.1) is 11.3 Å². The van der Waals surface area contributed by atoms with E-state index in [0.717, 1.165) is 16.3 Å². The fraction of sp³-hybridized carbons (Fsp3) is 0.312. The van der Waals surface area contributed by atoms with Crippen LogP contribution in [0.25, 0.3) is 0 Å². The lowest BCUT2D eigenvalue weighted by Gasteiger charge is -2.26. The van der Waals surface area contributed by atoms with Crippen LogP contribution in [0.1, 0.15) is 28.6 Å². The molecule has 120 valence electrons. The van der Waals surface area contributed by atoms with Crippen LogP contribution in [0.4, 0.5) is 5.69 Å². The van der Waals surface area contributed by atoms with Crippen molar-refractivity contribution in [2.75, 3.05) is 12.4 Å². The fourth-order valence-electron chi connectivity index (χ4n) is 2.65. The van der Waals surface area contributed by atoms with Crippen LogP contribution in [0.3, 0.4) is 0 Å². The lowest BCUT2D eigenvalue weighted by Crippen LogP contribution is -2.35. The zero-order valence-electron chi connectivity index (χ0n) is 12.9. The highest BCUT2D eigenvalue weighted by Crippen LogP contribution is 2.38. The van der Waals surface area contributed by atoms with Gasteiger partial charge in [-0.3, -0.25) is 9.59 Å². The third kappa shape index (κ3) is 3.19. The van der Waals surface area contributed by atoms with E-state index in [1.54, 1.807) is 17.4 Å². The van der Waals surface area contributed by atoms with Crippen molar-refractivity contribution in [2.45, 2.75) is 25.8 Å². The van der Waals surface area contributed by atoms with Gasteiger partial charge < -0.3 is 15.4 Å². The molecule has 0 aliphatic carbocycles. The maximum absolute atomic E-state index is 12.5. The van der Waals surface area contributed by atoms with Crippen molar-refractivity contribution < 1.29 is 14.3 Å². The molecule has 2 heterocycles. The summed E-state index contributed by atoms with van der Waals surface area (Å²) in [6, 6.07) is 5.42. The summed E-state index contributed by atoms with van der Waals surface area (Å²) in [5.41, 5.74) is 2.18. The Kier molecular flexibility index (Phi) is 4.29. The molecule has 1 atom stereocenters. The second-order valence-corrected chi connectivity index (χ2v) is 6.37. The summed E-state index contributed by atoms with van der Waals surface area (Å²) >= 11 is 1.54. The number of thiazole rings is 1. The monoisotopic (exact) mass is 331 g/mol. The van der Waals surface area contributed by atoms with Gasteiger partial charge in [-0.2, -0.15) is 0 Å². The van der Waals surface area contributed by atoms with Gasteiger partial charge in [-0.05, 0) is 18.6 Å². The van der Waals surface area contributed by atoms with E-state index in [-0.39, 0.29) is 18.2 Å². The van der Waals surface area contributed by atoms with Crippen molar-refractivity contribution in [1.29, 1.82) is 0 Å². The highest BCUT2D eigenvalue weighted by molar-refractivity contribution is 7.09. The third-order valence-electron chi connectivity index (χ3n) is 3.73. The molecule has 0 radical (unpaired) electrons. The standard InChI is InChI=1S/C16H17N3O3S/c1-9-18-10(8-23-9)7-17-16(21)12-6-14(20)19-15-11(12)4-3-5-13(15)22-2/h3-5,8,12H,6-7H2,1-2H3,(H,17,21)(H,19,20)/t12-/m0/s1. The number of para-hydroxylation sites is 1. The van der Waals surface area contributed by atoms with Crippen molar-refractivity contribution in [3.05, 3.63) is 39.8 Å². The molecule has 1 aliphatic heterocycles. The lowest BCUT2D eigenvalue weighted by atomic mass is 9.89. The molecule has 0 saturated carbocycles. The second-order valence-electron chi connectivity index (χ2n) is 5.31. The first-order chi connectivity index (χ1) is 11.1. The summed E-state index contributed by atoms with van der Waals surface area (Å²) in [5, 5.41) is 8.53. The quantitative estimate of drug-likeness (QED) is 0.900. The molecule has 0 spiro atoms. The topological polar surface area (TPSA) is 80.3 Å². The SMILES string of the molecule is COc1cccc2c1NC(=O)C[C@@H]2C(=O)NCc1csc(C)n1. The van der Waals surface area contributed by atoms with Crippen LogP contribution in [0.5, 0.6) is 5.75 Å². The van der Waals surface area contributed by atoms with Crippen LogP contribution in [0, 0.1) is 6.92 Å². The summed E-state index contributed by atoms with van der Waals surface area (Å²) in [7, 11) is 1.54. The number of rotatable bonds is 4. The summed E-state index contributed by atoms with van der Waals surface area (Å²) in [4.78, 5) is 28.8. The first kappa shape index (κ1) is 15.5. The molecule has 23 heavy (non-hydrogen) atoms. The highest BCUT2D eigenvalue weighted by atomic mass is 32.1. The molecule has 1 aromatic heterocycles. The van der Waals surface area contributed by atoms with Gasteiger partial charge in [-0.1, -0.05) is 12.1 Å². The van der Waals surface area contributed by atoms with Gasteiger partial charge in [0.25, 0.3) is 0 Å². The molecular formula is C16H17N3O3S. The van der Waals surface area contributed by atoms with Crippen molar-refractivity contribution in [1.82, 2.24) is 10.3 Å². The fourth-order valence-corrected chi connectivity index (χ4v) is 3.26. The molecule has 0 saturated heterocycles. The van der Waals surface area contributed by atoms with Crippen LogP contribution in [-0.2, 0) is 16.1 Å². The molecule has 3 rings (SSSR count). The number of fused-ring (bicyclic) bond motifs is 1. The zero-order chi connectivity index (χ0) is 16.4. The number of aromatic nitrogens is 1. The van der Waals surface area contributed by atoms with Crippen LogP contribution in [-0.4, -0.2) is 23.9 Å². The minimum Gasteiger partial charge on any atom is -0.495 e. The Labute approximate surface area is 137 Å². The average molecular weight is 331 g/mol. The van der Waals surface area contributed by atoms with Crippen molar-refractivity contribution in [3.63, 3.8) is 0 Å². The molecular weight excluding hydrogens is 314 g/mol. The average Bonchev–Trinajstić information content (AvgIpc) is 2.96. The van der Waals surface area contributed by atoms with Gasteiger partial charge >= 0.3 is 0 Å². The predicted molar refractivity (Wildman–Crippen MR) is 87.7 cm³/mol. The molecule has 2 N–H and O–H groups in total. The largest absolute Gasteiger partial charge is 0.495 e. The summed E-state index contributed by atoms with van der Waals surface area (Å²) in [6.07, 6.45) is 0.127. The molecule has 6 nitrogen and oxygen atoms in total. The number of aryl methyl sites for hydroxylation is 1. The van der Waals surface area contributed by atoms with Gasteiger partial charge in [0.1, 0.15) is 5.75 Å².